The molecule has 0 spiro atoms. The highest BCUT2D eigenvalue weighted by atomic mass is 16.4. The molecule has 1 aromatic carbocycles. The second kappa shape index (κ2) is 6.89. The number of hydrogen-bond acceptors (Lipinski definition) is 3. The molecule has 0 saturated heterocycles. The second-order valence-electron chi connectivity index (χ2n) is 4.70. The van der Waals surface area contributed by atoms with Crippen LogP contribution < -0.4 is 0 Å². The molecule has 0 amide bonds. The number of carboxylic acid groups (broad SMARTS) is 2. The summed E-state index contributed by atoms with van der Waals surface area (Å²) in [6.07, 6.45) is 0.157. The summed E-state index contributed by atoms with van der Waals surface area (Å²) >= 11 is 0. The highest BCUT2D eigenvalue weighted by molar-refractivity contribution is 5.68. The quantitative estimate of drug-likeness (QED) is 0.665. The first kappa shape index (κ1) is 15.2. The summed E-state index contributed by atoms with van der Waals surface area (Å²) in [7, 11) is 0. The van der Waals surface area contributed by atoms with Crippen LogP contribution in [0.15, 0.2) is 30.3 Å². The first-order valence-corrected chi connectivity index (χ1v) is 6.11. The lowest BCUT2D eigenvalue weighted by molar-refractivity contribution is -0.142. The minimum Gasteiger partial charge on any atom is -0.481 e. The van der Waals surface area contributed by atoms with Crippen molar-refractivity contribution in [1.29, 1.82) is 0 Å². The zero-order valence-electron chi connectivity index (χ0n) is 10.6. The molecule has 0 aliphatic heterocycles. The number of hydrogen-bond donors (Lipinski definition) is 3. The van der Waals surface area contributed by atoms with E-state index in [2.05, 4.69) is 0 Å². The molecule has 1 aromatic rings. The Labute approximate surface area is 111 Å². The molecule has 5 heteroatoms. The fourth-order valence-corrected chi connectivity index (χ4v) is 2.07. The molecule has 0 aromatic heterocycles. The third-order valence-electron chi connectivity index (χ3n) is 2.89. The number of carbonyl (C=O) groups is 2. The molecule has 0 aliphatic carbocycles. The largest absolute Gasteiger partial charge is 0.481 e. The van der Waals surface area contributed by atoms with Crippen molar-refractivity contribution in [3.8, 4) is 0 Å². The van der Waals surface area contributed by atoms with E-state index in [0.717, 1.165) is 5.56 Å². The molecule has 3 N–H and O–H groups in total. The Balaban J connectivity index is 2.69. The third kappa shape index (κ3) is 6.01. The smallest absolute Gasteiger partial charge is 0.306 e. The van der Waals surface area contributed by atoms with Gasteiger partial charge in [-0.25, -0.2) is 0 Å². The molecule has 0 aliphatic rings. The van der Waals surface area contributed by atoms with E-state index in [1.54, 1.807) is 0 Å². The van der Waals surface area contributed by atoms with E-state index in [4.69, 9.17) is 10.2 Å². The summed E-state index contributed by atoms with van der Waals surface area (Å²) < 4.78 is 0. The average Bonchev–Trinajstić information content (AvgIpc) is 2.28. The van der Waals surface area contributed by atoms with Crippen molar-refractivity contribution in [2.75, 3.05) is 0 Å². The Morgan fingerprint density at radius 1 is 1.05 bits per heavy atom. The number of aliphatic carboxylic acids is 2. The summed E-state index contributed by atoms with van der Waals surface area (Å²) in [5.41, 5.74) is -0.565. The predicted molar refractivity (Wildman–Crippen MR) is 68.8 cm³/mol. The standard InChI is InChI=1S/C14H18O5/c15-12(16)7-4-8-14(19,10-13(17)18)9-11-5-2-1-3-6-11/h1-3,5-6,19H,4,7-10H2,(H,15,16)(H,17,18). The molecule has 0 saturated carbocycles. The summed E-state index contributed by atoms with van der Waals surface area (Å²) in [6, 6.07) is 9.08. The Kier molecular flexibility index (Phi) is 5.51. The van der Waals surface area contributed by atoms with E-state index in [1.807, 2.05) is 30.3 Å². The zero-order valence-corrected chi connectivity index (χ0v) is 10.6. The molecule has 0 heterocycles. The lowest BCUT2D eigenvalue weighted by atomic mass is 9.86. The molecule has 1 unspecified atom stereocenters. The second-order valence-corrected chi connectivity index (χ2v) is 4.70. The minimum atomic E-state index is -1.40. The van der Waals surface area contributed by atoms with Crippen LogP contribution in [0.4, 0.5) is 0 Å². The Hall–Kier alpha value is -1.88. The van der Waals surface area contributed by atoms with Gasteiger partial charge < -0.3 is 15.3 Å². The molecule has 0 fully saturated rings. The van der Waals surface area contributed by atoms with E-state index in [9.17, 15) is 14.7 Å². The maximum absolute atomic E-state index is 10.8. The topological polar surface area (TPSA) is 94.8 Å². The van der Waals surface area contributed by atoms with Crippen molar-refractivity contribution < 1.29 is 24.9 Å². The van der Waals surface area contributed by atoms with Crippen molar-refractivity contribution in [3.05, 3.63) is 35.9 Å². The van der Waals surface area contributed by atoms with Crippen molar-refractivity contribution >= 4 is 11.9 Å². The van der Waals surface area contributed by atoms with Crippen LogP contribution in [0, 0.1) is 0 Å². The molecule has 5 nitrogen and oxygen atoms in total. The fourth-order valence-electron chi connectivity index (χ4n) is 2.07. The highest BCUT2D eigenvalue weighted by Crippen LogP contribution is 2.24. The van der Waals surface area contributed by atoms with Gasteiger partial charge in [0, 0.05) is 12.8 Å². The predicted octanol–water partition coefficient (Wildman–Crippen LogP) is 1.69. The Bertz CT molecular complexity index is 429. The van der Waals surface area contributed by atoms with Crippen molar-refractivity contribution in [1.82, 2.24) is 0 Å². The fraction of sp³-hybridized carbons (Fsp3) is 0.429. The van der Waals surface area contributed by atoms with Gasteiger partial charge in [0.2, 0.25) is 0 Å². The van der Waals surface area contributed by atoms with E-state index in [0.29, 0.717) is 0 Å². The van der Waals surface area contributed by atoms with Gasteiger partial charge in [-0.05, 0) is 18.4 Å². The van der Waals surface area contributed by atoms with Crippen LogP contribution in [-0.4, -0.2) is 32.9 Å². The number of rotatable bonds is 8. The summed E-state index contributed by atoms with van der Waals surface area (Å²) in [5.74, 6) is -2.04. The first-order chi connectivity index (χ1) is 8.91. The molecule has 1 atom stereocenters. The Morgan fingerprint density at radius 2 is 1.68 bits per heavy atom. The van der Waals surface area contributed by atoms with Crippen LogP contribution in [-0.2, 0) is 16.0 Å². The van der Waals surface area contributed by atoms with Crippen LogP contribution in [0.2, 0.25) is 0 Å². The molecular formula is C14H18O5. The van der Waals surface area contributed by atoms with Crippen molar-refractivity contribution in [3.63, 3.8) is 0 Å². The van der Waals surface area contributed by atoms with Crippen LogP contribution >= 0.6 is 0 Å². The van der Waals surface area contributed by atoms with Crippen LogP contribution in [0.25, 0.3) is 0 Å². The maximum atomic E-state index is 10.8. The average molecular weight is 266 g/mol. The zero-order chi connectivity index (χ0) is 14.3. The van der Waals surface area contributed by atoms with E-state index in [1.165, 1.54) is 0 Å². The molecule has 104 valence electrons. The van der Waals surface area contributed by atoms with Gasteiger partial charge in [-0.2, -0.15) is 0 Å². The van der Waals surface area contributed by atoms with Crippen LogP contribution in [0.3, 0.4) is 0 Å². The number of benzene rings is 1. The third-order valence-corrected chi connectivity index (χ3v) is 2.89. The molecule has 0 radical (unpaired) electrons. The lowest BCUT2D eigenvalue weighted by Gasteiger charge is -2.26. The highest BCUT2D eigenvalue weighted by Gasteiger charge is 2.30. The maximum Gasteiger partial charge on any atom is 0.306 e. The molecule has 19 heavy (non-hydrogen) atoms. The van der Waals surface area contributed by atoms with Crippen LogP contribution in [0.1, 0.15) is 31.2 Å². The monoisotopic (exact) mass is 266 g/mol. The first-order valence-electron chi connectivity index (χ1n) is 6.11. The molecule has 0 bridgehead atoms. The molecular weight excluding hydrogens is 248 g/mol. The van der Waals surface area contributed by atoms with E-state index in [-0.39, 0.29) is 32.1 Å². The van der Waals surface area contributed by atoms with Gasteiger partial charge in [-0.3, -0.25) is 9.59 Å². The Morgan fingerprint density at radius 3 is 2.21 bits per heavy atom. The minimum absolute atomic E-state index is 0.0727. The summed E-state index contributed by atoms with van der Waals surface area (Å²) in [5, 5.41) is 27.8. The lowest BCUT2D eigenvalue weighted by Crippen LogP contribution is -2.34. The van der Waals surface area contributed by atoms with Gasteiger partial charge >= 0.3 is 11.9 Å². The SMILES string of the molecule is O=C(O)CCCC(O)(CC(=O)O)Cc1ccccc1. The van der Waals surface area contributed by atoms with E-state index < -0.39 is 17.5 Å². The molecule has 1 rings (SSSR count). The number of aliphatic hydroxyl groups is 1. The van der Waals surface area contributed by atoms with Crippen molar-refractivity contribution in [2.45, 2.75) is 37.7 Å². The van der Waals surface area contributed by atoms with Gasteiger partial charge in [-0.15, -0.1) is 0 Å². The summed E-state index contributed by atoms with van der Waals surface area (Å²) in [4.78, 5) is 21.3. The normalized spacial score (nSPS) is 13.7. The van der Waals surface area contributed by atoms with Gasteiger partial charge in [0.25, 0.3) is 0 Å². The summed E-state index contributed by atoms with van der Waals surface area (Å²) in [6.45, 7) is 0. The van der Waals surface area contributed by atoms with Crippen LogP contribution in [0.5, 0.6) is 0 Å². The van der Waals surface area contributed by atoms with Gasteiger partial charge in [0.05, 0.1) is 12.0 Å². The van der Waals surface area contributed by atoms with Gasteiger partial charge in [0.15, 0.2) is 0 Å². The van der Waals surface area contributed by atoms with Crippen molar-refractivity contribution in [2.24, 2.45) is 0 Å². The van der Waals surface area contributed by atoms with Gasteiger partial charge in [-0.1, -0.05) is 30.3 Å². The van der Waals surface area contributed by atoms with E-state index >= 15 is 0 Å². The number of carboxylic acids is 2. The van der Waals surface area contributed by atoms with Gasteiger partial charge in [0.1, 0.15) is 0 Å².